The third-order valence-corrected chi connectivity index (χ3v) is 4.41. The molecule has 2 heterocycles. The van der Waals surface area contributed by atoms with Gasteiger partial charge in [0.1, 0.15) is 5.75 Å². The fraction of sp³-hybridized carbons (Fsp3) is 0.200. The fourth-order valence-corrected chi connectivity index (χ4v) is 2.98. The molecule has 0 atom stereocenters. The first-order valence-electron chi connectivity index (χ1n) is 8.52. The van der Waals surface area contributed by atoms with Gasteiger partial charge >= 0.3 is 0 Å². The van der Waals surface area contributed by atoms with Crippen molar-refractivity contribution in [2.24, 2.45) is 0 Å². The number of methoxy groups -OCH3 is 1. The fourth-order valence-electron chi connectivity index (χ4n) is 2.98. The molecule has 0 aliphatic carbocycles. The maximum absolute atomic E-state index is 12.3. The van der Waals surface area contributed by atoms with Crippen LogP contribution >= 0.6 is 0 Å². The van der Waals surface area contributed by atoms with Crippen molar-refractivity contribution in [3.8, 4) is 17.2 Å². The van der Waals surface area contributed by atoms with Crippen molar-refractivity contribution in [1.82, 2.24) is 4.98 Å². The Bertz CT molecular complexity index is 1070. The molecule has 1 aliphatic heterocycles. The number of fused-ring (bicyclic) bond motifs is 2. The van der Waals surface area contributed by atoms with E-state index in [1.807, 2.05) is 18.2 Å². The molecule has 138 valence electrons. The number of rotatable bonds is 5. The van der Waals surface area contributed by atoms with Crippen LogP contribution in [0.3, 0.4) is 0 Å². The summed E-state index contributed by atoms with van der Waals surface area (Å²) in [5.74, 6) is 1.76. The van der Waals surface area contributed by atoms with Gasteiger partial charge in [0, 0.05) is 29.8 Å². The Morgan fingerprint density at radius 1 is 1.15 bits per heavy atom. The molecule has 4 rings (SSSR count). The first-order chi connectivity index (χ1) is 13.1. The number of amides is 1. The lowest BCUT2D eigenvalue weighted by molar-refractivity contribution is -0.116. The Kier molecular flexibility index (Phi) is 4.42. The maximum Gasteiger partial charge on any atom is 0.251 e. The van der Waals surface area contributed by atoms with Gasteiger partial charge in [-0.2, -0.15) is 0 Å². The number of benzene rings is 2. The second-order valence-corrected chi connectivity index (χ2v) is 6.19. The number of aromatic nitrogens is 1. The van der Waals surface area contributed by atoms with Crippen LogP contribution in [0, 0.1) is 0 Å². The zero-order valence-electron chi connectivity index (χ0n) is 14.7. The molecule has 7 nitrogen and oxygen atoms in total. The second-order valence-electron chi connectivity index (χ2n) is 6.19. The largest absolute Gasteiger partial charge is 0.497 e. The topological polar surface area (TPSA) is 89.7 Å². The van der Waals surface area contributed by atoms with Crippen LogP contribution < -0.4 is 25.1 Å². The highest BCUT2D eigenvalue weighted by atomic mass is 16.7. The molecular weight excluding hydrogens is 348 g/mol. The van der Waals surface area contributed by atoms with Crippen molar-refractivity contribution in [2.45, 2.75) is 12.8 Å². The third kappa shape index (κ3) is 3.57. The highest BCUT2D eigenvalue weighted by Crippen LogP contribution is 2.34. The summed E-state index contributed by atoms with van der Waals surface area (Å²) < 4.78 is 15.7. The molecule has 0 saturated carbocycles. The summed E-state index contributed by atoms with van der Waals surface area (Å²) in [5, 5.41) is 3.70. The minimum absolute atomic E-state index is 0.178. The quantitative estimate of drug-likeness (QED) is 0.725. The third-order valence-electron chi connectivity index (χ3n) is 4.41. The van der Waals surface area contributed by atoms with Crippen molar-refractivity contribution < 1.29 is 19.0 Å². The molecule has 2 aromatic carbocycles. The van der Waals surface area contributed by atoms with Crippen LogP contribution in [0.5, 0.6) is 17.2 Å². The Hall–Kier alpha value is -3.48. The standard InChI is InChI=1S/C20H18N2O5/c1-25-15-5-2-12-8-13(20(24)22-16(12)10-15)3-7-19(23)21-14-4-6-17-18(9-14)27-11-26-17/h2,4-6,8-10H,3,7,11H2,1H3,(H,21,23)(H,22,24). The Morgan fingerprint density at radius 3 is 2.85 bits per heavy atom. The number of carbonyl (C=O) groups excluding carboxylic acids is 1. The molecule has 0 unspecified atom stereocenters. The molecule has 27 heavy (non-hydrogen) atoms. The Morgan fingerprint density at radius 2 is 2.00 bits per heavy atom. The van der Waals surface area contributed by atoms with Crippen LogP contribution in [0.15, 0.2) is 47.3 Å². The lowest BCUT2D eigenvalue weighted by Crippen LogP contribution is -2.17. The van der Waals surface area contributed by atoms with Gasteiger partial charge in [0.15, 0.2) is 11.5 Å². The molecule has 1 aromatic heterocycles. The van der Waals surface area contributed by atoms with Crippen molar-refractivity contribution in [3.05, 3.63) is 58.4 Å². The Labute approximate surface area is 154 Å². The summed E-state index contributed by atoms with van der Waals surface area (Å²) in [4.78, 5) is 27.3. The molecule has 3 aromatic rings. The maximum atomic E-state index is 12.3. The molecule has 7 heteroatoms. The number of aryl methyl sites for hydroxylation is 1. The van der Waals surface area contributed by atoms with Gasteiger partial charge in [-0.1, -0.05) is 0 Å². The molecule has 0 radical (unpaired) electrons. The average molecular weight is 366 g/mol. The van der Waals surface area contributed by atoms with Crippen molar-refractivity contribution in [1.29, 1.82) is 0 Å². The number of nitrogens with one attached hydrogen (secondary N) is 2. The summed E-state index contributed by atoms with van der Waals surface area (Å²) in [6.07, 6.45) is 0.535. The smallest absolute Gasteiger partial charge is 0.251 e. The van der Waals surface area contributed by atoms with Gasteiger partial charge in [0.2, 0.25) is 12.7 Å². The lowest BCUT2D eigenvalue weighted by atomic mass is 10.1. The second kappa shape index (κ2) is 7.03. The number of hydrogen-bond donors (Lipinski definition) is 2. The van der Waals surface area contributed by atoms with Crippen LogP contribution in [-0.2, 0) is 11.2 Å². The van der Waals surface area contributed by atoms with Gasteiger partial charge in [-0.15, -0.1) is 0 Å². The minimum atomic E-state index is -0.202. The number of anilines is 1. The predicted octanol–water partition coefficient (Wildman–Crippen LogP) is 2.84. The monoisotopic (exact) mass is 366 g/mol. The van der Waals surface area contributed by atoms with Gasteiger partial charge in [-0.3, -0.25) is 9.59 Å². The first-order valence-corrected chi connectivity index (χ1v) is 8.52. The van der Waals surface area contributed by atoms with Crippen LogP contribution in [0.25, 0.3) is 10.9 Å². The molecule has 0 saturated heterocycles. The number of ether oxygens (including phenoxy) is 3. The van der Waals surface area contributed by atoms with Crippen LogP contribution in [0.4, 0.5) is 5.69 Å². The van der Waals surface area contributed by atoms with Crippen LogP contribution in [-0.4, -0.2) is 24.8 Å². The van der Waals surface area contributed by atoms with E-state index in [-0.39, 0.29) is 24.7 Å². The zero-order valence-corrected chi connectivity index (χ0v) is 14.7. The first kappa shape index (κ1) is 17.0. The minimum Gasteiger partial charge on any atom is -0.497 e. The van der Waals surface area contributed by atoms with E-state index in [1.54, 1.807) is 31.4 Å². The van der Waals surface area contributed by atoms with Crippen molar-refractivity contribution >= 4 is 22.5 Å². The van der Waals surface area contributed by atoms with Gasteiger partial charge in [-0.05, 0) is 42.1 Å². The van der Waals surface area contributed by atoms with Gasteiger partial charge in [0.05, 0.1) is 12.6 Å². The summed E-state index contributed by atoms with van der Waals surface area (Å²) in [6.45, 7) is 0.184. The van der Waals surface area contributed by atoms with E-state index in [0.717, 1.165) is 5.39 Å². The Balaban J connectivity index is 1.44. The summed E-state index contributed by atoms with van der Waals surface area (Å²) in [5.41, 5.74) is 1.69. The SMILES string of the molecule is COc1ccc2cc(CCC(=O)Nc3ccc4c(c3)OCO4)c(=O)[nH]c2c1. The zero-order chi connectivity index (χ0) is 18.8. The molecule has 0 fully saturated rings. The van der Waals surface area contributed by atoms with Crippen molar-refractivity contribution in [2.75, 3.05) is 19.2 Å². The highest BCUT2D eigenvalue weighted by Gasteiger charge is 2.14. The lowest BCUT2D eigenvalue weighted by Gasteiger charge is -2.07. The molecule has 2 N–H and O–H groups in total. The van der Waals surface area contributed by atoms with Crippen LogP contribution in [0.2, 0.25) is 0 Å². The molecule has 0 spiro atoms. The van der Waals surface area contributed by atoms with E-state index in [4.69, 9.17) is 14.2 Å². The van der Waals surface area contributed by atoms with Gasteiger partial charge in [-0.25, -0.2) is 0 Å². The average Bonchev–Trinajstić information content (AvgIpc) is 3.13. The van der Waals surface area contributed by atoms with Gasteiger partial charge < -0.3 is 24.5 Å². The number of aromatic amines is 1. The summed E-state index contributed by atoms with van der Waals surface area (Å²) in [7, 11) is 1.58. The van der Waals surface area contributed by atoms with Gasteiger partial charge in [0.25, 0.3) is 5.56 Å². The predicted molar refractivity (Wildman–Crippen MR) is 101 cm³/mol. The van der Waals surface area contributed by atoms with E-state index >= 15 is 0 Å². The van der Waals surface area contributed by atoms with E-state index in [2.05, 4.69) is 10.3 Å². The summed E-state index contributed by atoms with van der Waals surface area (Å²) in [6, 6.07) is 12.5. The number of pyridine rings is 1. The normalized spacial score (nSPS) is 12.2. The molecule has 0 bridgehead atoms. The summed E-state index contributed by atoms with van der Waals surface area (Å²) >= 11 is 0. The number of carbonyl (C=O) groups is 1. The number of hydrogen-bond acceptors (Lipinski definition) is 5. The van der Waals surface area contributed by atoms with Crippen LogP contribution in [0.1, 0.15) is 12.0 Å². The molecule has 1 aliphatic rings. The van der Waals surface area contributed by atoms with Crippen molar-refractivity contribution in [3.63, 3.8) is 0 Å². The number of H-pyrrole nitrogens is 1. The highest BCUT2D eigenvalue weighted by molar-refractivity contribution is 5.91. The van der Waals surface area contributed by atoms with E-state index in [1.165, 1.54) is 0 Å². The molecular formula is C20H18N2O5. The van der Waals surface area contributed by atoms with E-state index in [9.17, 15) is 9.59 Å². The van der Waals surface area contributed by atoms with E-state index in [0.29, 0.717) is 40.4 Å². The molecule has 1 amide bonds. The van der Waals surface area contributed by atoms with E-state index < -0.39 is 0 Å².